The first kappa shape index (κ1) is 15.3. The molecule has 0 saturated heterocycles. The number of halogens is 1. The molecule has 3 heterocycles. The van der Waals surface area contributed by atoms with Crippen LogP contribution >= 0.6 is 22.9 Å². The molecule has 116 valence electrons. The summed E-state index contributed by atoms with van der Waals surface area (Å²) < 4.78 is 29.4. The summed E-state index contributed by atoms with van der Waals surface area (Å²) >= 11 is 6.79. The Hall–Kier alpha value is -1.64. The van der Waals surface area contributed by atoms with E-state index in [4.69, 9.17) is 11.6 Å². The van der Waals surface area contributed by atoms with Crippen molar-refractivity contribution in [2.75, 3.05) is 4.72 Å². The second kappa shape index (κ2) is 5.53. The van der Waals surface area contributed by atoms with Gasteiger partial charge in [0.1, 0.15) is 4.21 Å². The molecule has 0 spiro atoms. The number of aromatic nitrogens is 3. The Balaban J connectivity index is 1.94. The van der Waals surface area contributed by atoms with Gasteiger partial charge in [0.15, 0.2) is 5.65 Å². The van der Waals surface area contributed by atoms with Crippen LogP contribution in [0.1, 0.15) is 19.9 Å². The quantitative estimate of drug-likeness (QED) is 0.775. The Morgan fingerprint density at radius 2 is 2.09 bits per heavy atom. The number of sulfonamides is 1. The Morgan fingerprint density at radius 3 is 2.73 bits per heavy atom. The maximum absolute atomic E-state index is 12.3. The minimum Gasteiger partial charge on any atom is -0.277 e. The number of thiophene rings is 1. The van der Waals surface area contributed by atoms with Crippen LogP contribution in [0.15, 0.2) is 34.8 Å². The van der Waals surface area contributed by atoms with Crippen molar-refractivity contribution < 1.29 is 8.42 Å². The first-order valence-corrected chi connectivity index (χ1v) is 9.16. The molecule has 0 saturated carbocycles. The van der Waals surface area contributed by atoms with Gasteiger partial charge in [-0.2, -0.15) is 5.10 Å². The Kier molecular flexibility index (Phi) is 3.84. The second-order valence-corrected chi connectivity index (χ2v) is 8.61. The summed E-state index contributed by atoms with van der Waals surface area (Å²) in [5.74, 6) is 0. The van der Waals surface area contributed by atoms with Crippen molar-refractivity contribution in [3.05, 3.63) is 34.9 Å². The van der Waals surface area contributed by atoms with Crippen molar-refractivity contribution in [1.29, 1.82) is 0 Å². The topological polar surface area (TPSA) is 76.9 Å². The minimum absolute atomic E-state index is 0.162. The number of anilines is 1. The fourth-order valence-corrected chi connectivity index (χ4v) is 4.54. The monoisotopic (exact) mass is 356 g/mol. The molecular weight excluding hydrogens is 344 g/mol. The van der Waals surface area contributed by atoms with Gasteiger partial charge in [-0.25, -0.2) is 18.1 Å². The summed E-state index contributed by atoms with van der Waals surface area (Å²) in [4.78, 5) is 4.30. The third-order valence-electron chi connectivity index (χ3n) is 2.99. The molecule has 3 aromatic rings. The molecule has 22 heavy (non-hydrogen) atoms. The van der Waals surface area contributed by atoms with Crippen LogP contribution in [-0.4, -0.2) is 23.2 Å². The fraction of sp³-hybridized carbons (Fsp3) is 0.231. The molecule has 0 aromatic carbocycles. The summed E-state index contributed by atoms with van der Waals surface area (Å²) in [6.07, 6.45) is 3.15. The van der Waals surface area contributed by atoms with Crippen LogP contribution in [-0.2, 0) is 10.0 Å². The molecule has 0 aliphatic heterocycles. The molecule has 1 N–H and O–H groups in total. The van der Waals surface area contributed by atoms with Crippen LogP contribution in [0.25, 0.3) is 11.0 Å². The molecule has 3 aromatic heterocycles. The SMILES string of the molecule is CC(C)n1ncc2cc(NS(=O)(=O)c3ccc(Cl)s3)cnc21. The van der Waals surface area contributed by atoms with Gasteiger partial charge in [-0.3, -0.25) is 4.72 Å². The largest absolute Gasteiger partial charge is 0.277 e. The lowest BCUT2D eigenvalue weighted by atomic mass is 10.3. The fourth-order valence-electron chi connectivity index (χ4n) is 2.02. The zero-order valence-corrected chi connectivity index (χ0v) is 14.2. The van der Waals surface area contributed by atoms with Crippen molar-refractivity contribution in [3.8, 4) is 0 Å². The molecule has 0 bridgehead atoms. The van der Waals surface area contributed by atoms with E-state index in [0.717, 1.165) is 22.4 Å². The van der Waals surface area contributed by atoms with Gasteiger partial charge >= 0.3 is 0 Å². The van der Waals surface area contributed by atoms with E-state index in [1.807, 2.05) is 13.8 Å². The van der Waals surface area contributed by atoms with Gasteiger partial charge < -0.3 is 0 Å². The molecule has 0 aliphatic rings. The van der Waals surface area contributed by atoms with E-state index in [1.54, 1.807) is 23.0 Å². The third-order valence-corrected chi connectivity index (χ3v) is 6.09. The Bertz CT molecular complexity index is 931. The van der Waals surface area contributed by atoms with Crippen LogP contribution in [0, 0.1) is 0 Å². The number of pyridine rings is 1. The van der Waals surface area contributed by atoms with Crippen molar-refractivity contribution >= 4 is 49.7 Å². The van der Waals surface area contributed by atoms with E-state index >= 15 is 0 Å². The summed E-state index contributed by atoms with van der Waals surface area (Å²) in [5, 5.41) is 5.03. The molecule has 0 radical (unpaired) electrons. The summed E-state index contributed by atoms with van der Waals surface area (Å²) in [6, 6.07) is 4.91. The number of hydrogen-bond acceptors (Lipinski definition) is 5. The molecule has 0 atom stereocenters. The predicted molar refractivity (Wildman–Crippen MR) is 88.1 cm³/mol. The number of rotatable bonds is 4. The lowest BCUT2D eigenvalue weighted by Crippen LogP contribution is -2.11. The number of nitrogens with one attached hydrogen (secondary N) is 1. The number of hydrogen-bond donors (Lipinski definition) is 1. The summed E-state index contributed by atoms with van der Waals surface area (Å²) in [6.45, 7) is 4.01. The zero-order valence-electron chi connectivity index (χ0n) is 11.8. The van der Waals surface area contributed by atoms with E-state index in [0.29, 0.717) is 10.0 Å². The maximum Gasteiger partial charge on any atom is 0.271 e. The standard InChI is InChI=1S/C13H13ClN4O2S2/c1-8(2)18-13-9(6-16-18)5-10(7-15-13)17-22(19,20)12-4-3-11(14)21-12/h3-8,17H,1-2H3. The van der Waals surface area contributed by atoms with Crippen LogP contribution in [0.4, 0.5) is 5.69 Å². The van der Waals surface area contributed by atoms with Gasteiger partial charge in [0.05, 0.1) is 22.4 Å². The Labute approximate surface area is 136 Å². The van der Waals surface area contributed by atoms with Gasteiger partial charge in [0, 0.05) is 11.4 Å². The highest BCUT2D eigenvalue weighted by molar-refractivity contribution is 7.94. The highest BCUT2D eigenvalue weighted by atomic mass is 35.5. The minimum atomic E-state index is -3.65. The van der Waals surface area contributed by atoms with E-state index in [-0.39, 0.29) is 10.3 Å². The van der Waals surface area contributed by atoms with Crippen molar-refractivity contribution in [2.24, 2.45) is 0 Å². The van der Waals surface area contributed by atoms with E-state index in [2.05, 4.69) is 14.8 Å². The first-order chi connectivity index (χ1) is 10.4. The molecule has 6 nitrogen and oxygen atoms in total. The molecule has 3 rings (SSSR count). The van der Waals surface area contributed by atoms with Crippen molar-refractivity contribution in [3.63, 3.8) is 0 Å². The van der Waals surface area contributed by atoms with E-state index in [1.165, 1.54) is 12.3 Å². The zero-order chi connectivity index (χ0) is 15.9. The van der Waals surface area contributed by atoms with Crippen LogP contribution in [0.2, 0.25) is 4.34 Å². The smallest absolute Gasteiger partial charge is 0.271 e. The van der Waals surface area contributed by atoms with Gasteiger partial charge in [0.25, 0.3) is 10.0 Å². The molecule has 0 fully saturated rings. The van der Waals surface area contributed by atoms with Crippen LogP contribution in [0.3, 0.4) is 0 Å². The highest BCUT2D eigenvalue weighted by Crippen LogP contribution is 2.28. The van der Waals surface area contributed by atoms with Gasteiger partial charge in [-0.1, -0.05) is 11.6 Å². The number of fused-ring (bicyclic) bond motifs is 1. The molecule has 0 unspecified atom stereocenters. The van der Waals surface area contributed by atoms with Crippen LogP contribution in [0.5, 0.6) is 0 Å². The average molecular weight is 357 g/mol. The predicted octanol–water partition coefficient (Wildman–Crippen LogP) is 3.53. The lowest BCUT2D eigenvalue weighted by Gasteiger charge is -2.08. The van der Waals surface area contributed by atoms with Crippen molar-refractivity contribution in [1.82, 2.24) is 14.8 Å². The van der Waals surface area contributed by atoms with E-state index < -0.39 is 10.0 Å². The van der Waals surface area contributed by atoms with Crippen LogP contribution < -0.4 is 4.72 Å². The van der Waals surface area contributed by atoms with Gasteiger partial charge in [-0.15, -0.1) is 11.3 Å². The average Bonchev–Trinajstić information content (AvgIpc) is 3.04. The maximum atomic E-state index is 12.3. The second-order valence-electron chi connectivity index (χ2n) is 4.98. The lowest BCUT2D eigenvalue weighted by molar-refractivity contribution is 0.546. The van der Waals surface area contributed by atoms with Crippen molar-refractivity contribution in [2.45, 2.75) is 24.1 Å². The molecule has 0 aliphatic carbocycles. The number of nitrogens with zero attached hydrogens (tertiary/aromatic N) is 3. The Morgan fingerprint density at radius 1 is 1.32 bits per heavy atom. The van der Waals surface area contributed by atoms with E-state index in [9.17, 15) is 8.42 Å². The molecule has 9 heteroatoms. The third kappa shape index (κ3) is 2.81. The molecule has 0 amide bonds. The highest BCUT2D eigenvalue weighted by Gasteiger charge is 2.17. The first-order valence-electron chi connectivity index (χ1n) is 6.48. The summed E-state index contributed by atoms with van der Waals surface area (Å²) in [7, 11) is -3.65. The molecular formula is C13H13ClN4O2S2. The summed E-state index contributed by atoms with van der Waals surface area (Å²) in [5.41, 5.74) is 1.11. The van der Waals surface area contributed by atoms with Gasteiger partial charge in [0.2, 0.25) is 0 Å². The van der Waals surface area contributed by atoms with Gasteiger partial charge in [-0.05, 0) is 32.0 Å². The normalized spacial score (nSPS) is 12.2.